The van der Waals surface area contributed by atoms with Crippen molar-refractivity contribution in [1.29, 1.82) is 0 Å². The van der Waals surface area contributed by atoms with Crippen LogP contribution in [0.15, 0.2) is 35.2 Å². The average molecular weight is 286 g/mol. The highest BCUT2D eigenvalue weighted by molar-refractivity contribution is 8.00. The molecular formula is C14H20ClNOS. The minimum absolute atomic E-state index is 0.0765. The summed E-state index contributed by atoms with van der Waals surface area (Å²) in [7, 11) is 0. The molecule has 0 radical (unpaired) electrons. The molecule has 1 rings (SSSR count). The molecular weight excluding hydrogens is 266 g/mol. The van der Waals surface area contributed by atoms with Crippen LogP contribution in [0.1, 0.15) is 20.3 Å². The molecule has 0 aliphatic carbocycles. The summed E-state index contributed by atoms with van der Waals surface area (Å²) in [6.07, 6.45) is 0.820. The number of nitrogens with one attached hydrogen (secondary N) is 1. The number of hydrogen-bond acceptors (Lipinski definition) is 2. The summed E-state index contributed by atoms with van der Waals surface area (Å²) >= 11 is 7.30. The van der Waals surface area contributed by atoms with Crippen molar-refractivity contribution < 1.29 is 4.79 Å². The standard InChI is InChI=1S/C14H20ClNOS/c1-11(2)13(8-9-15)16-14(17)10-18-12-6-4-3-5-7-12/h3-7,11,13H,8-10H2,1-2H3,(H,16,17). The number of amides is 1. The molecule has 1 unspecified atom stereocenters. The molecule has 0 saturated carbocycles. The van der Waals surface area contributed by atoms with E-state index < -0.39 is 0 Å². The monoisotopic (exact) mass is 285 g/mol. The lowest BCUT2D eigenvalue weighted by Gasteiger charge is -2.21. The van der Waals surface area contributed by atoms with Crippen molar-refractivity contribution in [3.8, 4) is 0 Å². The number of carbonyl (C=O) groups is 1. The van der Waals surface area contributed by atoms with Crippen LogP contribution >= 0.6 is 23.4 Å². The molecule has 2 nitrogen and oxygen atoms in total. The summed E-state index contributed by atoms with van der Waals surface area (Å²) in [6.45, 7) is 4.20. The fourth-order valence-electron chi connectivity index (χ4n) is 1.60. The van der Waals surface area contributed by atoms with Crippen LogP contribution in [0.3, 0.4) is 0 Å². The third-order valence-electron chi connectivity index (χ3n) is 2.68. The van der Waals surface area contributed by atoms with Gasteiger partial charge in [0.25, 0.3) is 0 Å². The molecule has 0 saturated heterocycles. The van der Waals surface area contributed by atoms with Crippen LogP contribution < -0.4 is 5.32 Å². The molecule has 0 aliphatic rings. The lowest BCUT2D eigenvalue weighted by molar-refractivity contribution is -0.119. The zero-order valence-corrected chi connectivity index (χ0v) is 12.4. The Balaban J connectivity index is 2.36. The van der Waals surface area contributed by atoms with Crippen LogP contribution in [-0.4, -0.2) is 23.6 Å². The van der Waals surface area contributed by atoms with E-state index in [1.165, 1.54) is 0 Å². The van der Waals surface area contributed by atoms with E-state index in [1.54, 1.807) is 11.8 Å². The molecule has 18 heavy (non-hydrogen) atoms. The molecule has 0 aliphatic heterocycles. The van der Waals surface area contributed by atoms with E-state index in [-0.39, 0.29) is 11.9 Å². The Morgan fingerprint density at radius 2 is 2.00 bits per heavy atom. The Kier molecular flexibility index (Phi) is 7.21. The summed E-state index contributed by atoms with van der Waals surface area (Å²) in [5.41, 5.74) is 0. The lowest BCUT2D eigenvalue weighted by Crippen LogP contribution is -2.39. The predicted octanol–water partition coefficient (Wildman–Crippen LogP) is 3.55. The first-order chi connectivity index (χ1) is 8.63. The van der Waals surface area contributed by atoms with Gasteiger partial charge >= 0.3 is 0 Å². The van der Waals surface area contributed by atoms with E-state index in [0.717, 1.165) is 11.3 Å². The summed E-state index contributed by atoms with van der Waals surface area (Å²) in [5.74, 6) is 1.52. The molecule has 1 N–H and O–H groups in total. The van der Waals surface area contributed by atoms with Crippen molar-refractivity contribution >= 4 is 29.3 Å². The highest BCUT2D eigenvalue weighted by Gasteiger charge is 2.15. The Labute approximate surface area is 118 Å². The first-order valence-electron chi connectivity index (χ1n) is 6.16. The summed E-state index contributed by atoms with van der Waals surface area (Å²) in [4.78, 5) is 12.9. The van der Waals surface area contributed by atoms with Gasteiger partial charge in [0.2, 0.25) is 5.91 Å². The number of hydrogen-bond donors (Lipinski definition) is 1. The number of rotatable bonds is 7. The van der Waals surface area contributed by atoms with Crippen molar-refractivity contribution in [1.82, 2.24) is 5.32 Å². The third-order valence-corrected chi connectivity index (χ3v) is 3.91. The minimum Gasteiger partial charge on any atom is -0.352 e. The molecule has 4 heteroatoms. The number of halogens is 1. The Hall–Kier alpha value is -0.670. The fraction of sp³-hybridized carbons (Fsp3) is 0.500. The van der Waals surface area contributed by atoms with Gasteiger partial charge in [-0.1, -0.05) is 32.0 Å². The van der Waals surface area contributed by atoms with Crippen LogP contribution in [0.25, 0.3) is 0 Å². The zero-order chi connectivity index (χ0) is 13.4. The second-order valence-corrected chi connectivity index (χ2v) is 5.92. The van der Waals surface area contributed by atoms with E-state index in [1.807, 2.05) is 30.3 Å². The highest BCUT2D eigenvalue weighted by atomic mass is 35.5. The Morgan fingerprint density at radius 3 is 2.56 bits per heavy atom. The van der Waals surface area contributed by atoms with Crippen LogP contribution in [0.4, 0.5) is 0 Å². The Morgan fingerprint density at radius 1 is 1.33 bits per heavy atom. The molecule has 0 bridgehead atoms. The molecule has 1 aromatic carbocycles. The van der Waals surface area contributed by atoms with Gasteiger partial charge in [0.15, 0.2) is 0 Å². The van der Waals surface area contributed by atoms with Crippen molar-refractivity contribution in [2.45, 2.75) is 31.2 Å². The summed E-state index contributed by atoms with van der Waals surface area (Å²) < 4.78 is 0. The first kappa shape index (κ1) is 15.4. The quantitative estimate of drug-likeness (QED) is 0.613. The van der Waals surface area contributed by atoms with Gasteiger partial charge in [0.05, 0.1) is 5.75 Å². The van der Waals surface area contributed by atoms with Crippen LogP contribution in [0.2, 0.25) is 0 Å². The maximum absolute atomic E-state index is 11.8. The van der Waals surface area contributed by atoms with Gasteiger partial charge in [-0.25, -0.2) is 0 Å². The van der Waals surface area contributed by atoms with Crippen LogP contribution in [0, 0.1) is 5.92 Å². The van der Waals surface area contributed by atoms with E-state index in [0.29, 0.717) is 17.6 Å². The summed E-state index contributed by atoms with van der Waals surface area (Å²) in [5, 5.41) is 3.04. The molecule has 1 atom stereocenters. The second kappa shape index (κ2) is 8.44. The van der Waals surface area contributed by atoms with Gasteiger partial charge < -0.3 is 5.32 Å². The molecule has 0 spiro atoms. The van der Waals surface area contributed by atoms with Gasteiger partial charge in [0.1, 0.15) is 0 Å². The normalized spacial score (nSPS) is 12.4. The van der Waals surface area contributed by atoms with Crippen molar-refractivity contribution in [2.75, 3.05) is 11.6 Å². The number of alkyl halides is 1. The van der Waals surface area contributed by atoms with Gasteiger partial charge in [-0.2, -0.15) is 0 Å². The third kappa shape index (κ3) is 5.78. The average Bonchev–Trinajstić information content (AvgIpc) is 2.37. The van der Waals surface area contributed by atoms with Crippen molar-refractivity contribution in [2.24, 2.45) is 5.92 Å². The first-order valence-corrected chi connectivity index (χ1v) is 7.68. The van der Waals surface area contributed by atoms with E-state index >= 15 is 0 Å². The molecule has 1 aromatic rings. The SMILES string of the molecule is CC(C)C(CCCl)NC(=O)CSc1ccccc1. The molecule has 100 valence electrons. The van der Waals surface area contributed by atoms with Crippen molar-refractivity contribution in [3.05, 3.63) is 30.3 Å². The van der Waals surface area contributed by atoms with Gasteiger partial charge in [-0.05, 0) is 24.5 Å². The molecule has 0 aromatic heterocycles. The van der Waals surface area contributed by atoms with Crippen molar-refractivity contribution in [3.63, 3.8) is 0 Å². The van der Waals surface area contributed by atoms with E-state index in [2.05, 4.69) is 19.2 Å². The molecule has 0 heterocycles. The highest BCUT2D eigenvalue weighted by Crippen LogP contribution is 2.16. The van der Waals surface area contributed by atoms with Crippen LogP contribution in [-0.2, 0) is 4.79 Å². The summed E-state index contributed by atoms with van der Waals surface area (Å²) in [6, 6.07) is 10.1. The fourth-order valence-corrected chi connectivity index (χ4v) is 2.57. The van der Waals surface area contributed by atoms with E-state index in [9.17, 15) is 4.79 Å². The number of benzene rings is 1. The van der Waals surface area contributed by atoms with Gasteiger partial charge in [0, 0.05) is 16.8 Å². The van der Waals surface area contributed by atoms with E-state index in [4.69, 9.17) is 11.6 Å². The maximum atomic E-state index is 11.8. The van der Waals surface area contributed by atoms with Gasteiger partial charge in [-0.15, -0.1) is 23.4 Å². The number of carbonyl (C=O) groups excluding carboxylic acids is 1. The van der Waals surface area contributed by atoms with Crippen LogP contribution in [0.5, 0.6) is 0 Å². The smallest absolute Gasteiger partial charge is 0.230 e. The largest absolute Gasteiger partial charge is 0.352 e. The second-order valence-electron chi connectivity index (χ2n) is 4.50. The number of thioether (sulfide) groups is 1. The predicted molar refractivity (Wildman–Crippen MR) is 79.3 cm³/mol. The van der Waals surface area contributed by atoms with Gasteiger partial charge in [-0.3, -0.25) is 4.79 Å². The maximum Gasteiger partial charge on any atom is 0.230 e. The Bertz CT molecular complexity index is 356. The molecule has 0 fully saturated rings. The lowest BCUT2D eigenvalue weighted by atomic mass is 10.0. The zero-order valence-electron chi connectivity index (χ0n) is 10.9. The molecule has 1 amide bonds. The minimum atomic E-state index is 0.0765. The topological polar surface area (TPSA) is 29.1 Å².